The fraction of sp³-hybridized carbons (Fsp3) is 1.00. The maximum Gasteiger partial charge on any atom is 0.0128 e. The van der Waals surface area contributed by atoms with E-state index in [1.807, 2.05) is 0 Å². The Hall–Kier alpha value is -0.0800. The average molecular weight is 100 g/mol. The number of nitrogens with one attached hydrogen (secondary N) is 1. The van der Waals surface area contributed by atoms with Crippen molar-refractivity contribution in [2.75, 3.05) is 20.1 Å². The molecular weight excluding hydrogens is 88.1 g/mol. The second-order valence-electron chi connectivity index (χ2n) is 2.04. The molecule has 2 heteroatoms. The van der Waals surface area contributed by atoms with Gasteiger partial charge in [0.05, 0.1) is 0 Å². The minimum absolute atomic E-state index is 1.16. The Kier molecular flexibility index (Phi) is 1.65. The summed E-state index contributed by atoms with van der Waals surface area (Å²) in [5.41, 5.74) is 3.22. The van der Waals surface area contributed by atoms with Crippen molar-refractivity contribution in [3.05, 3.63) is 0 Å². The lowest BCUT2D eigenvalue weighted by atomic mass is 10.3. The first kappa shape index (κ1) is 5.06. The maximum absolute atomic E-state index is 3.22. The first-order valence-electron chi connectivity index (χ1n) is 2.84. The molecule has 0 aliphatic carbocycles. The van der Waals surface area contributed by atoms with Gasteiger partial charge in [-0.05, 0) is 12.8 Å². The fourth-order valence-corrected chi connectivity index (χ4v) is 0.823. The molecule has 42 valence electrons. The van der Waals surface area contributed by atoms with Crippen LogP contribution in [-0.2, 0) is 0 Å². The molecule has 0 unspecified atom stereocenters. The number of rotatable bonds is 0. The first-order valence-corrected chi connectivity index (χ1v) is 2.84. The first-order chi connectivity index (χ1) is 3.39. The molecule has 0 saturated carbocycles. The fourth-order valence-electron chi connectivity index (χ4n) is 0.823. The molecule has 0 aromatic carbocycles. The standard InChI is InChI=1S/C5H12N2/c1-7-5-3-2-4-6-7/h6H,2-5H2,1H3. The van der Waals surface area contributed by atoms with Crippen LogP contribution in [0.3, 0.4) is 0 Å². The van der Waals surface area contributed by atoms with Crippen LogP contribution in [-0.4, -0.2) is 25.1 Å². The highest BCUT2D eigenvalue weighted by Gasteiger charge is 2.00. The van der Waals surface area contributed by atoms with Crippen molar-refractivity contribution < 1.29 is 0 Å². The zero-order valence-corrected chi connectivity index (χ0v) is 4.78. The van der Waals surface area contributed by atoms with Crippen molar-refractivity contribution in [1.82, 2.24) is 10.4 Å². The van der Waals surface area contributed by atoms with Crippen LogP contribution in [0, 0.1) is 0 Å². The summed E-state index contributed by atoms with van der Waals surface area (Å²) in [7, 11) is 2.08. The Bertz CT molecular complexity index is 48.0. The van der Waals surface area contributed by atoms with Gasteiger partial charge in [0, 0.05) is 20.1 Å². The largest absolute Gasteiger partial charge is 0.255 e. The number of hydrogen-bond acceptors (Lipinski definition) is 2. The van der Waals surface area contributed by atoms with Gasteiger partial charge in [-0.2, -0.15) is 0 Å². The van der Waals surface area contributed by atoms with E-state index >= 15 is 0 Å². The summed E-state index contributed by atoms with van der Waals surface area (Å²) < 4.78 is 0. The summed E-state index contributed by atoms with van der Waals surface area (Å²) in [5, 5.41) is 2.14. The molecule has 1 N–H and O–H groups in total. The zero-order chi connectivity index (χ0) is 5.11. The third kappa shape index (κ3) is 1.45. The number of nitrogens with zero attached hydrogens (tertiary/aromatic N) is 1. The predicted octanol–water partition coefficient (Wildman–Crippen LogP) is 0.217. The molecular formula is C5H12N2. The highest BCUT2D eigenvalue weighted by atomic mass is 15.5. The molecule has 1 saturated heterocycles. The molecule has 1 aliphatic rings. The van der Waals surface area contributed by atoms with Gasteiger partial charge in [-0.3, -0.25) is 5.43 Å². The second kappa shape index (κ2) is 2.28. The molecule has 7 heavy (non-hydrogen) atoms. The maximum atomic E-state index is 3.22. The number of hydrazine groups is 1. The van der Waals surface area contributed by atoms with E-state index in [0.717, 1.165) is 6.54 Å². The Morgan fingerprint density at radius 3 is 2.57 bits per heavy atom. The Labute approximate surface area is 44.5 Å². The summed E-state index contributed by atoms with van der Waals surface area (Å²) in [6.45, 7) is 2.37. The molecule has 0 aromatic heterocycles. The molecule has 0 bridgehead atoms. The van der Waals surface area contributed by atoms with Gasteiger partial charge in [-0.1, -0.05) is 0 Å². The Morgan fingerprint density at radius 2 is 2.29 bits per heavy atom. The normalized spacial score (nSPS) is 25.3. The van der Waals surface area contributed by atoms with Crippen LogP contribution in [0.25, 0.3) is 0 Å². The van der Waals surface area contributed by atoms with Gasteiger partial charge in [0.15, 0.2) is 0 Å². The van der Waals surface area contributed by atoms with Gasteiger partial charge in [0.2, 0.25) is 0 Å². The summed E-state index contributed by atoms with van der Waals surface area (Å²) in [4.78, 5) is 0. The van der Waals surface area contributed by atoms with Gasteiger partial charge in [0.1, 0.15) is 0 Å². The van der Waals surface area contributed by atoms with Crippen molar-refractivity contribution in [2.45, 2.75) is 12.8 Å². The molecule has 0 aromatic rings. The summed E-state index contributed by atoms with van der Waals surface area (Å²) >= 11 is 0. The van der Waals surface area contributed by atoms with E-state index in [1.54, 1.807) is 0 Å². The molecule has 0 atom stereocenters. The molecule has 0 amide bonds. The molecule has 1 rings (SSSR count). The Balaban J connectivity index is 2.12. The smallest absolute Gasteiger partial charge is 0.0128 e. The van der Waals surface area contributed by atoms with Crippen LogP contribution >= 0.6 is 0 Å². The van der Waals surface area contributed by atoms with Crippen LogP contribution in [0.15, 0.2) is 0 Å². The molecule has 0 spiro atoms. The molecule has 2 nitrogen and oxygen atoms in total. The third-order valence-corrected chi connectivity index (χ3v) is 1.30. The minimum Gasteiger partial charge on any atom is -0.255 e. The summed E-state index contributed by atoms with van der Waals surface area (Å²) in [5.74, 6) is 0. The summed E-state index contributed by atoms with van der Waals surface area (Å²) in [6.07, 6.45) is 2.69. The van der Waals surface area contributed by atoms with Crippen LogP contribution in [0.1, 0.15) is 12.8 Å². The van der Waals surface area contributed by atoms with E-state index < -0.39 is 0 Å². The van der Waals surface area contributed by atoms with Crippen molar-refractivity contribution >= 4 is 0 Å². The van der Waals surface area contributed by atoms with E-state index in [1.165, 1.54) is 19.4 Å². The van der Waals surface area contributed by atoms with Crippen molar-refractivity contribution in [2.24, 2.45) is 0 Å². The third-order valence-electron chi connectivity index (χ3n) is 1.30. The Morgan fingerprint density at radius 1 is 1.43 bits per heavy atom. The lowest BCUT2D eigenvalue weighted by Crippen LogP contribution is -2.39. The number of hydrogen-bond donors (Lipinski definition) is 1. The van der Waals surface area contributed by atoms with E-state index in [9.17, 15) is 0 Å². The monoisotopic (exact) mass is 100 g/mol. The summed E-state index contributed by atoms with van der Waals surface area (Å²) in [6, 6.07) is 0. The van der Waals surface area contributed by atoms with Crippen LogP contribution < -0.4 is 5.43 Å². The second-order valence-corrected chi connectivity index (χ2v) is 2.04. The van der Waals surface area contributed by atoms with Crippen LogP contribution in [0.4, 0.5) is 0 Å². The lowest BCUT2D eigenvalue weighted by Gasteiger charge is -2.22. The van der Waals surface area contributed by atoms with Gasteiger partial charge >= 0.3 is 0 Å². The van der Waals surface area contributed by atoms with Gasteiger partial charge < -0.3 is 0 Å². The topological polar surface area (TPSA) is 15.3 Å². The SMILES string of the molecule is CN1CCCCN1. The molecule has 1 fully saturated rings. The highest BCUT2D eigenvalue weighted by molar-refractivity contribution is 4.54. The average Bonchev–Trinajstić information content (AvgIpc) is 1.69. The van der Waals surface area contributed by atoms with Gasteiger partial charge in [-0.25, -0.2) is 5.01 Å². The molecule has 1 aliphatic heterocycles. The van der Waals surface area contributed by atoms with Crippen molar-refractivity contribution in [3.63, 3.8) is 0 Å². The van der Waals surface area contributed by atoms with Crippen LogP contribution in [0.2, 0.25) is 0 Å². The van der Waals surface area contributed by atoms with Gasteiger partial charge in [-0.15, -0.1) is 0 Å². The molecule has 0 radical (unpaired) electrons. The quantitative estimate of drug-likeness (QED) is 0.468. The zero-order valence-electron chi connectivity index (χ0n) is 4.78. The van der Waals surface area contributed by atoms with E-state index in [2.05, 4.69) is 17.5 Å². The van der Waals surface area contributed by atoms with Crippen molar-refractivity contribution in [1.29, 1.82) is 0 Å². The van der Waals surface area contributed by atoms with E-state index in [0.29, 0.717) is 0 Å². The molecule has 1 heterocycles. The predicted molar refractivity (Wildman–Crippen MR) is 29.9 cm³/mol. The highest BCUT2D eigenvalue weighted by Crippen LogP contribution is 1.94. The van der Waals surface area contributed by atoms with E-state index in [4.69, 9.17) is 0 Å². The van der Waals surface area contributed by atoms with Gasteiger partial charge in [0.25, 0.3) is 0 Å². The lowest BCUT2D eigenvalue weighted by molar-refractivity contribution is 0.194. The van der Waals surface area contributed by atoms with E-state index in [-0.39, 0.29) is 0 Å². The van der Waals surface area contributed by atoms with Crippen molar-refractivity contribution in [3.8, 4) is 0 Å². The minimum atomic E-state index is 1.16. The van der Waals surface area contributed by atoms with Crippen LogP contribution in [0.5, 0.6) is 0 Å².